The smallest absolute Gasteiger partial charge is 0.180 e. The second kappa shape index (κ2) is 9.60. The molecule has 0 amide bonds. The van der Waals surface area contributed by atoms with Crippen LogP contribution in [0.1, 0.15) is 11.1 Å². The molecule has 3 nitrogen and oxygen atoms in total. The van der Waals surface area contributed by atoms with E-state index in [1.807, 2.05) is 30.3 Å². The molecule has 0 fully saturated rings. The molecule has 0 aromatic heterocycles. The minimum atomic E-state index is 0. The number of hydrogen-bond donors (Lipinski definition) is 1. The minimum Gasteiger partial charge on any atom is -0.377 e. The van der Waals surface area contributed by atoms with E-state index in [2.05, 4.69) is 22.3 Å². The highest BCUT2D eigenvalue weighted by atomic mass is 79.9. The SMILES string of the molecule is Br.N/C(=N/N=C\c1ccc(Cl)cc1)SCc1ccccc1. The van der Waals surface area contributed by atoms with Gasteiger partial charge in [-0.3, -0.25) is 0 Å². The third-order valence-corrected chi connectivity index (χ3v) is 3.57. The summed E-state index contributed by atoms with van der Waals surface area (Å²) in [4.78, 5) is 0. The molecule has 0 radical (unpaired) electrons. The van der Waals surface area contributed by atoms with Crippen molar-refractivity contribution in [2.24, 2.45) is 15.9 Å². The van der Waals surface area contributed by atoms with E-state index in [9.17, 15) is 0 Å². The number of amidine groups is 1. The molecule has 0 aliphatic rings. The lowest BCUT2D eigenvalue weighted by molar-refractivity contribution is 1.25. The van der Waals surface area contributed by atoms with Crippen LogP contribution in [0.3, 0.4) is 0 Å². The van der Waals surface area contributed by atoms with E-state index in [0.29, 0.717) is 10.2 Å². The van der Waals surface area contributed by atoms with Gasteiger partial charge in [-0.25, -0.2) is 0 Å². The van der Waals surface area contributed by atoms with Gasteiger partial charge in [-0.2, -0.15) is 5.10 Å². The molecule has 6 heteroatoms. The number of nitrogens with zero attached hydrogens (tertiary/aromatic N) is 2. The van der Waals surface area contributed by atoms with Gasteiger partial charge in [0.2, 0.25) is 0 Å². The summed E-state index contributed by atoms with van der Waals surface area (Å²) in [5.74, 6) is 0.784. The monoisotopic (exact) mass is 383 g/mol. The Morgan fingerprint density at radius 2 is 1.76 bits per heavy atom. The van der Waals surface area contributed by atoms with Crippen LogP contribution >= 0.6 is 40.3 Å². The Bertz CT molecular complexity index is 600. The molecule has 0 spiro atoms. The largest absolute Gasteiger partial charge is 0.377 e. The van der Waals surface area contributed by atoms with E-state index in [4.69, 9.17) is 17.3 Å². The molecule has 0 aliphatic carbocycles. The zero-order valence-corrected chi connectivity index (χ0v) is 14.4. The summed E-state index contributed by atoms with van der Waals surface area (Å²) in [6, 6.07) is 17.4. The molecule has 0 atom stereocenters. The fourth-order valence-corrected chi connectivity index (χ4v) is 2.20. The molecule has 0 bridgehead atoms. The lowest BCUT2D eigenvalue weighted by atomic mass is 10.2. The molecule has 2 aromatic rings. The van der Waals surface area contributed by atoms with Gasteiger partial charge >= 0.3 is 0 Å². The van der Waals surface area contributed by atoms with Crippen LogP contribution in [0.4, 0.5) is 0 Å². The van der Waals surface area contributed by atoms with Crippen molar-refractivity contribution in [3.63, 3.8) is 0 Å². The molecule has 2 N–H and O–H groups in total. The third kappa shape index (κ3) is 6.80. The highest BCUT2D eigenvalue weighted by Crippen LogP contribution is 2.11. The standard InChI is InChI=1S/C15H14ClN3S.BrH/c16-14-8-6-12(7-9-14)10-18-19-15(17)20-11-13-4-2-1-3-5-13;/h1-10H,11H2,(H2,17,19);1H/b18-10-;. The van der Waals surface area contributed by atoms with Crippen LogP contribution in [0, 0.1) is 0 Å². The van der Waals surface area contributed by atoms with Gasteiger partial charge in [0.25, 0.3) is 0 Å². The average molecular weight is 385 g/mol. The van der Waals surface area contributed by atoms with Crippen LogP contribution in [-0.4, -0.2) is 11.4 Å². The maximum atomic E-state index is 5.80. The molecule has 2 rings (SSSR count). The number of halogens is 2. The number of nitrogens with two attached hydrogens (primary N) is 1. The first-order valence-electron chi connectivity index (χ1n) is 6.03. The molecule has 21 heavy (non-hydrogen) atoms. The van der Waals surface area contributed by atoms with Crippen molar-refractivity contribution >= 4 is 51.7 Å². The number of rotatable bonds is 4. The van der Waals surface area contributed by atoms with Crippen molar-refractivity contribution in [1.82, 2.24) is 0 Å². The molecule has 110 valence electrons. The predicted octanol–water partition coefficient (Wildman–Crippen LogP) is 4.50. The zero-order chi connectivity index (χ0) is 14.2. The van der Waals surface area contributed by atoms with E-state index in [1.54, 1.807) is 18.3 Å². The summed E-state index contributed by atoms with van der Waals surface area (Å²) in [5.41, 5.74) is 7.92. The molecule has 0 heterocycles. The zero-order valence-electron chi connectivity index (χ0n) is 11.1. The van der Waals surface area contributed by atoms with Crippen LogP contribution in [-0.2, 0) is 5.75 Å². The summed E-state index contributed by atoms with van der Waals surface area (Å²) < 4.78 is 0. The Morgan fingerprint density at radius 3 is 2.43 bits per heavy atom. The first kappa shape index (κ1) is 17.8. The predicted molar refractivity (Wildman–Crippen MR) is 98.7 cm³/mol. The van der Waals surface area contributed by atoms with E-state index in [0.717, 1.165) is 11.3 Å². The summed E-state index contributed by atoms with van der Waals surface area (Å²) in [7, 11) is 0. The van der Waals surface area contributed by atoms with Gasteiger partial charge in [0.05, 0.1) is 6.21 Å². The maximum Gasteiger partial charge on any atom is 0.180 e. The van der Waals surface area contributed by atoms with Crippen LogP contribution in [0.15, 0.2) is 64.8 Å². The van der Waals surface area contributed by atoms with Crippen molar-refractivity contribution in [3.05, 3.63) is 70.7 Å². The van der Waals surface area contributed by atoms with E-state index in [1.165, 1.54) is 17.3 Å². The van der Waals surface area contributed by atoms with Crippen molar-refractivity contribution in [3.8, 4) is 0 Å². The normalized spacial score (nSPS) is 11.4. The van der Waals surface area contributed by atoms with E-state index in [-0.39, 0.29) is 17.0 Å². The summed E-state index contributed by atoms with van der Waals surface area (Å²) in [5, 5.41) is 9.05. The van der Waals surface area contributed by atoms with E-state index < -0.39 is 0 Å². The highest BCUT2D eigenvalue weighted by molar-refractivity contribution is 8.93. The van der Waals surface area contributed by atoms with Crippen molar-refractivity contribution in [2.75, 3.05) is 0 Å². The van der Waals surface area contributed by atoms with Crippen LogP contribution in [0.25, 0.3) is 0 Å². The fourth-order valence-electron chi connectivity index (χ4n) is 1.46. The Kier molecular flexibility index (Phi) is 8.12. The van der Waals surface area contributed by atoms with Gasteiger partial charge in [0, 0.05) is 10.8 Å². The van der Waals surface area contributed by atoms with E-state index >= 15 is 0 Å². The van der Waals surface area contributed by atoms with Crippen LogP contribution in [0.5, 0.6) is 0 Å². The molecule has 0 aliphatic heterocycles. The molecular formula is C15H15BrClN3S. The number of hydrogen-bond acceptors (Lipinski definition) is 3. The quantitative estimate of drug-likeness (QED) is 0.479. The first-order valence-corrected chi connectivity index (χ1v) is 7.39. The van der Waals surface area contributed by atoms with Gasteiger partial charge in [0.1, 0.15) is 0 Å². The van der Waals surface area contributed by atoms with Crippen molar-refractivity contribution in [1.29, 1.82) is 0 Å². The molecule has 2 aromatic carbocycles. The Labute approximate surface area is 144 Å². The minimum absolute atomic E-state index is 0. The topological polar surface area (TPSA) is 50.7 Å². The third-order valence-electron chi connectivity index (χ3n) is 2.46. The van der Waals surface area contributed by atoms with Gasteiger partial charge in [-0.15, -0.1) is 22.1 Å². The average Bonchev–Trinajstić information content (AvgIpc) is 2.48. The second-order valence-corrected chi connectivity index (χ2v) is 5.44. The van der Waals surface area contributed by atoms with Crippen molar-refractivity contribution < 1.29 is 0 Å². The summed E-state index contributed by atoms with van der Waals surface area (Å²) in [6.07, 6.45) is 1.65. The van der Waals surface area contributed by atoms with Crippen molar-refractivity contribution in [2.45, 2.75) is 5.75 Å². The van der Waals surface area contributed by atoms with Gasteiger partial charge in [0.15, 0.2) is 5.17 Å². The van der Waals surface area contributed by atoms with Crippen LogP contribution in [0.2, 0.25) is 5.02 Å². The van der Waals surface area contributed by atoms with Crippen LogP contribution < -0.4 is 5.73 Å². The first-order chi connectivity index (χ1) is 9.74. The maximum absolute atomic E-state index is 5.80. The molecule has 0 saturated heterocycles. The number of benzene rings is 2. The Balaban J connectivity index is 0.00000220. The molecule has 0 unspecified atom stereocenters. The second-order valence-electron chi connectivity index (χ2n) is 4.01. The summed E-state index contributed by atoms with van der Waals surface area (Å²) in [6.45, 7) is 0. The highest BCUT2D eigenvalue weighted by Gasteiger charge is 1.95. The molecule has 0 saturated carbocycles. The Hall–Kier alpha value is -1.30. The summed E-state index contributed by atoms with van der Waals surface area (Å²) >= 11 is 7.26. The van der Waals surface area contributed by atoms with Gasteiger partial charge < -0.3 is 5.73 Å². The number of thioether (sulfide) groups is 1. The molecular weight excluding hydrogens is 370 g/mol. The Morgan fingerprint density at radius 1 is 1.10 bits per heavy atom. The van der Waals surface area contributed by atoms with Gasteiger partial charge in [-0.1, -0.05) is 65.8 Å². The van der Waals surface area contributed by atoms with Gasteiger partial charge in [-0.05, 0) is 23.3 Å². The lowest BCUT2D eigenvalue weighted by Gasteiger charge is -1.99. The fraction of sp³-hybridized carbons (Fsp3) is 0.0667. The lowest BCUT2D eigenvalue weighted by Crippen LogP contribution is -2.05.